The molecule has 2 N–H and O–H groups in total. The lowest BCUT2D eigenvalue weighted by Crippen LogP contribution is -2.28. The van der Waals surface area contributed by atoms with Gasteiger partial charge >= 0.3 is 0 Å². The van der Waals surface area contributed by atoms with E-state index in [2.05, 4.69) is 37.9 Å². The van der Waals surface area contributed by atoms with Gasteiger partial charge in [-0.25, -0.2) is 0 Å². The Kier molecular flexibility index (Phi) is 4.74. The topological polar surface area (TPSA) is 29.3 Å². The smallest absolute Gasteiger partial charge is 0.103 e. The normalized spacial score (nSPS) is 12.2. The van der Waals surface area contributed by atoms with Crippen LogP contribution in [0.3, 0.4) is 0 Å². The highest BCUT2D eigenvalue weighted by atomic mass is 32.1. The van der Waals surface area contributed by atoms with Crippen LogP contribution in [0, 0.1) is 0 Å². The largest absolute Gasteiger partial charge is 0.389 e. The average molecular weight is 236 g/mol. The Labute approximate surface area is 103 Å². The van der Waals surface area contributed by atoms with Crippen molar-refractivity contribution >= 4 is 22.9 Å². The van der Waals surface area contributed by atoms with E-state index in [-0.39, 0.29) is 0 Å². The van der Waals surface area contributed by atoms with E-state index in [4.69, 9.17) is 18.0 Å². The number of anilines is 1. The molecule has 0 aliphatic carbocycles. The minimum absolute atomic E-state index is 0.454. The van der Waals surface area contributed by atoms with Crippen molar-refractivity contribution < 1.29 is 0 Å². The van der Waals surface area contributed by atoms with Gasteiger partial charge in [0, 0.05) is 24.3 Å². The molecule has 2 nitrogen and oxygen atoms in total. The molecule has 0 bridgehead atoms. The molecule has 0 aliphatic rings. The maximum atomic E-state index is 5.57. The Morgan fingerprint density at radius 3 is 2.38 bits per heavy atom. The Bertz CT molecular complexity index is 345. The predicted molar refractivity (Wildman–Crippen MR) is 75.1 cm³/mol. The van der Waals surface area contributed by atoms with Gasteiger partial charge in [-0.2, -0.15) is 0 Å². The van der Waals surface area contributed by atoms with Gasteiger partial charge in [0.1, 0.15) is 4.99 Å². The molecule has 1 rings (SSSR count). The molecule has 88 valence electrons. The summed E-state index contributed by atoms with van der Waals surface area (Å²) in [6.07, 6.45) is 2.41. The summed E-state index contributed by atoms with van der Waals surface area (Å²) in [5.41, 5.74) is 7.70. The molecule has 1 aromatic carbocycles. The highest BCUT2D eigenvalue weighted by molar-refractivity contribution is 7.80. The highest BCUT2D eigenvalue weighted by Crippen LogP contribution is 2.18. The summed E-state index contributed by atoms with van der Waals surface area (Å²) in [7, 11) is 2.12. The van der Waals surface area contributed by atoms with Gasteiger partial charge in [0.2, 0.25) is 0 Å². The predicted octanol–water partition coefficient (Wildman–Crippen LogP) is 2.95. The van der Waals surface area contributed by atoms with Crippen molar-refractivity contribution in [3.63, 3.8) is 0 Å². The van der Waals surface area contributed by atoms with Crippen LogP contribution in [0.15, 0.2) is 24.3 Å². The third-order valence-corrected chi connectivity index (χ3v) is 3.16. The van der Waals surface area contributed by atoms with Gasteiger partial charge in [-0.15, -0.1) is 0 Å². The molecular formula is C13H20N2S. The Hall–Kier alpha value is -1.09. The first-order valence-corrected chi connectivity index (χ1v) is 6.09. The van der Waals surface area contributed by atoms with Gasteiger partial charge in [0.05, 0.1) is 0 Å². The van der Waals surface area contributed by atoms with Crippen molar-refractivity contribution in [3.05, 3.63) is 29.8 Å². The number of thiocarbonyl (C=S) groups is 1. The quantitative estimate of drug-likeness (QED) is 0.797. The molecule has 0 heterocycles. The van der Waals surface area contributed by atoms with Crippen LogP contribution in [0.25, 0.3) is 0 Å². The fourth-order valence-electron chi connectivity index (χ4n) is 1.73. The fourth-order valence-corrected chi connectivity index (χ4v) is 1.86. The minimum atomic E-state index is 0.454. The van der Waals surface area contributed by atoms with Crippen LogP contribution in [-0.2, 0) is 0 Å². The lowest BCUT2D eigenvalue weighted by atomic mass is 10.1. The number of nitrogens with zero attached hydrogens (tertiary/aromatic N) is 1. The Morgan fingerprint density at radius 1 is 1.38 bits per heavy atom. The van der Waals surface area contributed by atoms with Crippen LogP contribution in [0.2, 0.25) is 0 Å². The fraction of sp³-hybridized carbons (Fsp3) is 0.462. The third-order valence-electron chi connectivity index (χ3n) is 2.93. The third kappa shape index (κ3) is 3.20. The first kappa shape index (κ1) is 13.0. The van der Waals surface area contributed by atoms with Crippen molar-refractivity contribution in [1.82, 2.24) is 0 Å². The standard InChI is InChI=1S/C13H20N2S/c1-4-5-10(2)15(3)12-8-6-11(7-9-12)13(14)16/h6-10H,4-5H2,1-3H3,(H2,14,16). The molecule has 0 amide bonds. The van der Waals surface area contributed by atoms with E-state index in [1.54, 1.807) is 0 Å². The van der Waals surface area contributed by atoms with Crippen molar-refractivity contribution in [2.45, 2.75) is 32.7 Å². The van der Waals surface area contributed by atoms with Gasteiger partial charge < -0.3 is 10.6 Å². The lowest BCUT2D eigenvalue weighted by molar-refractivity contribution is 0.616. The minimum Gasteiger partial charge on any atom is -0.389 e. The molecule has 3 heteroatoms. The molecule has 1 aromatic rings. The molecule has 0 saturated heterocycles. The number of benzene rings is 1. The monoisotopic (exact) mass is 236 g/mol. The molecule has 0 spiro atoms. The molecule has 0 radical (unpaired) electrons. The van der Waals surface area contributed by atoms with E-state index < -0.39 is 0 Å². The Balaban J connectivity index is 2.77. The summed E-state index contributed by atoms with van der Waals surface area (Å²) in [5.74, 6) is 0. The maximum absolute atomic E-state index is 5.57. The summed E-state index contributed by atoms with van der Waals surface area (Å²) in [6, 6.07) is 8.65. The van der Waals surface area contributed by atoms with E-state index in [1.165, 1.54) is 18.5 Å². The zero-order valence-electron chi connectivity index (χ0n) is 10.2. The molecule has 16 heavy (non-hydrogen) atoms. The molecular weight excluding hydrogens is 216 g/mol. The SMILES string of the molecule is CCCC(C)N(C)c1ccc(C(N)=S)cc1. The number of nitrogens with two attached hydrogens (primary N) is 1. The van der Waals surface area contributed by atoms with E-state index in [9.17, 15) is 0 Å². The Morgan fingerprint density at radius 2 is 1.94 bits per heavy atom. The maximum Gasteiger partial charge on any atom is 0.103 e. The van der Waals surface area contributed by atoms with Gasteiger partial charge in [0.25, 0.3) is 0 Å². The van der Waals surface area contributed by atoms with Gasteiger partial charge in [-0.3, -0.25) is 0 Å². The van der Waals surface area contributed by atoms with E-state index in [0.29, 0.717) is 11.0 Å². The summed E-state index contributed by atoms with van der Waals surface area (Å²) in [6.45, 7) is 4.45. The molecule has 1 unspecified atom stereocenters. The van der Waals surface area contributed by atoms with Gasteiger partial charge in [-0.1, -0.05) is 25.6 Å². The van der Waals surface area contributed by atoms with Crippen LogP contribution < -0.4 is 10.6 Å². The second kappa shape index (κ2) is 5.85. The summed E-state index contributed by atoms with van der Waals surface area (Å²) in [5, 5.41) is 0. The summed E-state index contributed by atoms with van der Waals surface area (Å²) in [4.78, 5) is 2.74. The summed E-state index contributed by atoms with van der Waals surface area (Å²) < 4.78 is 0. The molecule has 0 aromatic heterocycles. The van der Waals surface area contributed by atoms with Gasteiger partial charge in [0.15, 0.2) is 0 Å². The number of hydrogen-bond acceptors (Lipinski definition) is 2. The van der Waals surface area contributed by atoms with Crippen molar-refractivity contribution in [1.29, 1.82) is 0 Å². The molecule has 1 atom stereocenters. The van der Waals surface area contributed by atoms with Crippen LogP contribution in [0.1, 0.15) is 32.3 Å². The zero-order valence-corrected chi connectivity index (χ0v) is 11.1. The first-order chi connectivity index (χ1) is 7.56. The van der Waals surface area contributed by atoms with E-state index >= 15 is 0 Å². The zero-order chi connectivity index (χ0) is 12.1. The second-order valence-electron chi connectivity index (χ2n) is 4.16. The van der Waals surface area contributed by atoms with Crippen molar-refractivity contribution in [2.24, 2.45) is 5.73 Å². The van der Waals surface area contributed by atoms with Crippen molar-refractivity contribution in [3.8, 4) is 0 Å². The number of rotatable bonds is 5. The number of hydrogen-bond donors (Lipinski definition) is 1. The van der Waals surface area contributed by atoms with Crippen LogP contribution in [0.4, 0.5) is 5.69 Å². The highest BCUT2D eigenvalue weighted by Gasteiger charge is 2.08. The summed E-state index contributed by atoms with van der Waals surface area (Å²) >= 11 is 4.93. The van der Waals surface area contributed by atoms with Crippen LogP contribution in [0.5, 0.6) is 0 Å². The first-order valence-electron chi connectivity index (χ1n) is 5.69. The molecule has 0 aliphatic heterocycles. The molecule has 0 saturated carbocycles. The van der Waals surface area contributed by atoms with Crippen LogP contribution in [-0.4, -0.2) is 18.1 Å². The average Bonchev–Trinajstić information content (AvgIpc) is 2.28. The molecule has 0 fully saturated rings. The van der Waals surface area contributed by atoms with E-state index in [1.807, 2.05) is 12.1 Å². The van der Waals surface area contributed by atoms with Crippen molar-refractivity contribution in [2.75, 3.05) is 11.9 Å². The van der Waals surface area contributed by atoms with E-state index in [0.717, 1.165) is 5.56 Å². The lowest BCUT2D eigenvalue weighted by Gasteiger charge is -2.26. The van der Waals surface area contributed by atoms with Gasteiger partial charge in [-0.05, 0) is 37.6 Å². The van der Waals surface area contributed by atoms with Crippen LogP contribution >= 0.6 is 12.2 Å². The second-order valence-corrected chi connectivity index (χ2v) is 4.60.